The summed E-state index contributed by atoms with van der Waals surface area (Å²) in [7, 11) is -4.99. The Bertz CT molecular complexity index is 1040. The number of benzene rings is 2. The first-order valence-electron chi connectivity index (χ1n) is 9.19. The van der Waals surface area contributed by atoms with Crippen molar-refractivity contribution in [1.29, 1.82) is 0 Å². The standard InChI is InChI=1S/C19H17F6N2O5P/c20-18(21,22)14-6-12(7-15(8-14)19(23,24)25)9-32-11-17(13-4-2-1-3-5-13)10-27(16(28)26-17)33(29,30)31/h1-8H,9-11H2,(H,26,28)(H2,29,30,31)/t17-/m1/s1. The van der Waals surface area contributed by atoms with Crippen molar-refractivity contribution < 1.29 is 50.2 Å². The van der Waals surface area contributed by atoms with Crippen LogP contribution in [0.25, 0.3) is 0 Å². The molecular weight excluding hydrogens is 481 g/mol. The van der Waals surface area contributed by atoms with Crippen LogP contribution >= 0.6 is 7.75 Å². The highest BCUT2D eigenvalue weighted by Gasteiger charge is 2.49. The van der Waals surface area contributed by atoms with E-state index in [2.05, 4.69) is 5.32 Å². The maximum atomic E-state index is 13.0. The second kappa shape index (κ2) is 8.64. The Kier molecular flexibility index (Phi) is 6.55. The number of rotatable bonds is 6. The smallest absolute Gasteiger partial charge is 0.374 e. The third-order valence-corrected chi connectivity index (χ3v) is 5.86. The molecule has 1 saturated heterocycles. The number of nitrogens with one attached hydrogen (secondary N) is 1. The van der Waals surface area contributed by atoms with Gasteiger partial charge in [0, 0.05) is 0 Å². The van der Waals surface area contributed by atoms with Crippen LogP contribution in [0.5, 0.6) is 0 Å². The SMILES string of the molecule is O=C1N[C@](COCc2cc(C(F)(F)F)cc(C(F)(F)F)c2)(c2ccccc2)CN1P(=O)(O)O. The molecule has 3 rings (SSSR count). The van der Waals surface area contributed by atoms with Gasteiger partial charge in [-0.25, -0.2) is 14.0 Å². The Labute approximate surface area is 183 Å². The monoisotopic (exact) mass is 498 g/mol. The van der Waals surface area contributed by atoms with Crippen LogP contribution in [-0.2, 0) is 33.8 Å². The lowest BCUT2D eigenvalue weighted by atomic mass is 9.92. The molecule has 0 aliphatic carbocycles. The van der Waals surface area contributed by atoms with E-state index in [9.17, 15) is 45.5 Å². The van der Waals surface area contributed by atoms with Gasteiger partial charge < -0.3 is 19.8 Å². The number of amides is 2. The average Bonchev–Trinajstić information content (AvgIpc) is 3.05. The zero-order valence-electron chi connectivity index (χ0n) is 16.5. The molecule has 1 atom stereocenters. The van der Waals surface area contributed by atoms with Crippen molar-refractivity contribution in [3.05, 3.63) is 70.8 Å². The van der Waals surface area contributed by atoms with Crippen LogP contribution in [0, 0.1) is 0 Å². The Hall–Kier alpha value is -2.60. The maximum absolute atomic E-state index is 13.0. The summed E-state index contributed by atoms with van der Waals surface area (Å²) in [5.41, 5.74) is -4.56. The molecule has 0 aromatic heterocycles. The molecule has 2 aromatic rings. The summed E-state index contributed by atoms with van der Waals surface area (Å²) in [5.74, 6) is 0. The lowest BCUT2D eigenvalue weighted by Crippen LogP contribution is -2.44. The third-order valence-electron chi connectivity index (χ3n) is 4.91. The predicted octanol–water partition coefficient (Wildman–Crippen LogP) is 4.25. The minimum absolute atomic E-state index is 0.00986. The normalized spacial score (nSPS) is 19.6. The van der Waals surface area contributed by atoms with Crippen molar-refractivity contribution in [3.8, 4) is 0 Å². The van der Waals surface area contributed by atoms with Crippen LogP contribution < -0.4 is 5.32 Å². The molecule has 1 fully saturated rings. The zero-order chi connectivity index (χ0) is 24.7. The van der Waals surface area contributed by atoms with Gasteiger partial charge in [-0.2, -0.15) is 26.3 Å². The van der Waals surface area contributed by atoms with Gasteiger partial charge in [0.2, 0.25) is 0 Å². The fourth-order valence-corrected chi connectivity index (χ4v) is 4.09. The molecule has 0 spiro atoms. The largest absolute Gasteiger partial charge is 0.433 e. The Morgan fingerprint density at radius 1 is 1.00 bits per heavy atom. The molecule has 2 aromatic carbocycles. The average molecular weight is 498 g/mol. The zero-order valence-corrected chi connectivity index (χ0v) is 17.4. The van der Waals surface area contributed by atoms with Gasteiger partial charge in [0.05, 0.1) is 30.9 Å². The highest BCUT2D eigenvalue weighted by molar-refractivity contribution is 7.50. The van der Waals surface area contributed by atoms with Gasteiger partial charge >= 0.3 is 26.1 Å². The Morgan fingerprint density at radius 3 is 2.00 bits per heavy atom. The lowest BCUT2D eigenvalue weighted by Gasteiger charge is -2.29. The van der Waals surface area contributed by atoms with Crippen LogP contribution in [0.2, 0.25) is 0 Å². The van der Waals surface area contributed by atoms with E-state index >= 15 is 0 Å². The quantitative estimate of drug-likeness (QED) is 0.409. The summed E-state index contributed by atoms with van der Waals surface area (Å²) in [6.07, 6.45) is -10.0. The van der Waals surface area contributed by atoms with Gasteiger partial charge in [0.1, 0.15) is 5.54 Å². The minimum Gasteiger partial charge on any atom is -0.374 e. The molecule has 14 heteroatoms. The molecule has 3 N–H and O–H groups in total. The number of nitrogens with zero attached hydrogens (tertiary/aromatic N) is 1. The number of carbonyl (C=O) groups is 1. The molecule has 1 aliphatic rings. The number of urea groups is 1. The van der Waals surface area contributed by atoms with E-state index in [1.807, 2.05) is 0 Å². The first-order valence-corrected chi connectivity index (χ1v) is 10.8. The second-order valence-corrected chi connectivity index (χ2v) is 8.87. The lowest BCUT2D eigenvalue weighted by molar-refractivity contribution is -0.143. The molecular formula is C19H17F6N2O5P. The summed E-state index contributed by atoms with van der Waals surface area (Å²) in [4.78, 5) is 31.0. The van der Waals surface area contributed by atoms with E-state index in [1.54, 1.807) is 18.2 Å². The van der Waals surface area contributed by atoms with Gasteiger partial charge in [0.25, 0.3) is 0 Å². The molecule has 0 radical (unpaired) electrons. The van der Waals surface area contributed by atoms with Crippen molar-refractivity contribution >= 4 is 13.8 Å². The first-order chi connectivity index (χ1) is 15.1. The van der Waals surface area contributed by atoms with Crippen molar-refractivity contribution in [2.75, 3.05) is 13.2 Å². The fraction of sp³-hybridized carbons (Fsp3) is 0.316. The molecule has 33 heavy (non-hydrogen) atoms. The van der Waals surface area contributed by atoms with Gasteiger partial charge in [-0.15, -0.1) is 0 Å². The number of halogens is 6. The van der Waals surface area contributed by atoms with Crippen molar-refractivity contribution in [2.45, 2.75) is 24.5 Å². The molecule has 1 aliphatic heterocycles. The molecule has 2 amide bonds. The van der Waals surface area contributed by atoms with E-state index in [4.69, 9.17) is 4.74 Å². The van der Waals surface area contributed by atoms with Gasteiger partial charge in [-0.3, -0.25) is 0 Å². The highest BCUT2D eigenvalue weighted by atomic mass is 31.2. The van der Waals surface area contributed by atoms with E-state index < -0.39 is 68.1 Å². The third kappa shape index (κ3) is 5.67. The summed E-state index contributed by atoms with van der Waals surface area (Å²) in [5, 5.41) is 2.41. The topological polar surface area (TPSA) is 99.1 Å². The van der Waals surface area contributed by atoms with Crippen LogP contribution in [0.3, 0.4) is 0 Å². The first kappa shape index (κ1) is 25.0. The molecule has 0 bridgehead atoms. The molecule has 7 nitrogen and oxygen atoms in total. The van der Waals surface area contributed by atoms with Gasteiger partial charge in [-0.1, -0.05) is 30.3 Å². The van der Waals surface area contributed by atoms with Crippen LogP contribution in [-0.4, -0.2) is 33.6 Å². The van der Waals surface area contributed by atoms with Crippen LogP contribution in [0.15, 0.2) is 48.5 Å². The van der Waals surface area contributed by atoms with Crippen LogP contribution in [0.4, 0.5) is 31.1 Å². The summed E-state index contributed by atoms with van der Waals surface area (Å²) in [6.45, 7) is -1.72. The number of ether oxygens (including phenoxy) is 1. The number of hydrogen-bond donors (Lipinski definition) is 3. The number of carbonyl (C=O) groups excluding carboxylic acids is 1. The van der Waals surface area contributed by atoms with Crippen molar-refractivity contribution in [1.82, 2.24) is 9.99 Å². The van der Waals surface area contributed by atoms with Gasteiger partial charge in [-0.05, 0) is 29.3 Å². The second-order valence-electron chi connectivity index (χ2n) is 7.36. The molecule has 0 unspecified atom stereocenters. The molecule has 1 heterocycles. The highest BCUT2D eigenvalue weighted by Crippen LogP contribution is 2.45. The molecule has 180 valence electrons. The number of alkyl halides is 6. The van der Waals surface area contributed by atoms with Crippen molar-refractivity contribution in [2.24, 2.45) is 0 Å². The predicted molar refractivity (Wildman–Crippen MR) is 102 cm³/mol. The maximum Gasteiger partial charge on any atom is 0.433 e. The van der Waals surface area contributed by atoms with Crippen LogP contribution in [0.1, 0.15) is 22.3 Å². The Morgan fingerprint density at radius 2 is 1.55 bits per heavy atom. The van der Waals surface area contributed by atoms with Crippen molar-refractivity contribution in [3.63, 3.8) is 0 Å². The fourth-order valence-electron chi connectivity index (χ4n) is 3.38. The van der Waals surface area contributed by atoms with E-state index in [0.29, 0.717) is 17.7 Å². The summed E-state index contributed by atoms with van der Waals surface area (Å²) in [6, 6.07) is 7.75. The summed E-state index contributed by atoms with van der Waals surface area (Å²) < 4.78 is 95.6. The minimum atomic E-state index is -5.02. The Balaban J connectivity index is 1.88. The van der Waals surface area contributed by atoms with E-state index in [1.165, 1.54) is 12.1 Å². The van der Waals surface area contributed by atoms with E-state index in [-0.39, 0.29) is 10.7 Å². The van der Waals surface area contributed by atoms with E-state index in [0.717, 1.165) is 0 Å². The molecule has 0 saturated carbocycles. The van der Waals surface area contributed by atoms with Gasteiger partial charge in [0.15, 0.2) is 0 Å². The summed E-state index contributed by atoms with van der Waals surface area (Å²) >= 11 is 0. The number of hydrogen-bond acceptors (Lipinski definition) is 3.